The van der Waals surface area contributed by atoms with Crippen LogP contribution >= 0.6 is 0 Å². The molecule has 1 amide bonds. The number of amides is 1. The molecule has 0 aromatic carbocycles. The van der Waals surface area contributed by atoms with E-state index in [4.69, 9.17) is 14.2 Å². The second-order valence-electron chi connectivity index (χ2n) is 16.0. The van der Waals surface area contributed by atoms with E-state index in [0.29, 0.717) is 19.4 Å². The summed E-state index contributed by atoms with van der Waals surface area (Å²) in [5.74, 6) is -0.180. The maximum atomic E-state index is 13.7. The number of carbonyl (C=O) groups excluding carboxylic acids is 1. The number of aliphatic hydroxyl groups excluding tert-OH is 7. The number of ether oxygens (including phenoxy) is 3. The highest BCUT2D eigenvalue weighted by Gasteiger charge is 2.51. The molecule has 320 valence electrons. The van der Waals surface area contributed by atoms with Crippen molar-refractivity contribution in [3.63, 3.8) is 0 Å². The predicted molar refractivity (Wildman–Crippen MR) is 210 cm³/mol. The van der Waals surface area contributed by atoms with Crippen LogP contribution in [0.1, 0.15) is 181 Å². The van der Waals surface area contributed by atoms with Gasteiger partial charge < -0.3 is 54.9 Å². The van der Waals surface area contributed by atoms with Crippen LogP contribution < -0.4 is 0 Å². The largest absolute Gasteiger partial charge is 0.394 e. The molecule has 2 aliphatic rings. The van der Waals surface area contributed by atoms with Crippen molar-refractivity contribution in [2.45, 2.75) is 242 Å². The van der Waals surface area contributed by atoms with Crippen molar-refractivity contribution in [3.05, 3.63) is 0 Å². The predicted octanol–water partition coefficient (Wildman–Crippen LogP) is 5.62. The fourth-order valence-corrected chi connectivity index (χ4v) is 7.78. The first kappa shape index (κ1) is 49.2. The minimum Gasteiger partial charge on any atom is -0.394 e. The van der Waals surface area contributed by atoms with Crippen LogP contribution in [0.5, 0.6) is 0 Å². The molecule has 54 heavy (non-hydrogen) atoms. The Morgan fingerprint density at radius 2 is 0.926 bits per heavy atom. The van der Waals surface area contributed by atoms with E-state index in [1.54, 1.807) is 0 Å². The fourth-order valence-electron chi connectivity index (χ4n) is 7.78. The Morgan fingerprint density at radius 1 is 0.500 bits per heavy atom. The molecule has 0 radical (unpaired) electrons. The molecule has 0 spiro atoms. The van der Waals surface area contributed by atoms with E-state index in [2.05, 4.69) is 13.8 Å². The second-order valence-corrected chi connectivity index (χ2v) is 16.0. The third kappa shape index (κ3) is 18.1. The summed E-state index contributed by atoms with van der Waals surface area (Å²) >= 11 is 0. The van der Waals surface area contributed by atoms with E-state index in [9.17, 15) is 40.5 Å². The number of rotatable bonds is 32. The van der Waals surface area contributed by atoms with Gasteiger partial charge in [0.15, 0.2) is 12.5 Å². The molecule has 0 aromatic heterocycles. The third-order valence-electron chi connectivity index (χ3n) is 11.4. The van der Waals surface area contributed by atoms with E-state index >= 15 is 0 Å². The van der Waals surface area contributed by atoms with Crippen LogP contribution in [0.2, 0.25) is 0 Å². The molecule has 12 nitrogen and oxygen atoms in total. The minimum atomic E-state index is -1.74. The SMILES string of the molecule is CCCCCCCCCCCCCCCCCCN(C(=O)CCCCCCCCCCC)[C@@H]1O[C@H](CO)[C@@H](O[C@@H]2O[C@H](CO)[C@H](O)[C@H](O)[C@H]2O)[C@H](O)[C@H]1O. The standard InChI is InChI=1S/C42H81NO11/c1-3-5-7-9-11-13-14-15-16-17-18-19-21-23-25-27-29-43(34(46)28-26-24-22-20-12-10-8-6-4-2)41-38(50)37(49)40(33(31-45)52-41)54-42-39(51)36(48)35(47)32(30-44)53-42/h32-33,35-42,44-45,47-51H,3-31H2,1-2H3/t32-,33-,35+,36+,37-,38-,39-,40-,41-,42+/m1/s1. The Kier molecular flexibility index (Phi) is 27.5. The van der Waals surface area contributed by atoms with E-state index in [-0.39, 0.29) is 12.3 Å². The van der Waals surface area contributed by atoms with Crippen LogP contribution in [0.15, 0.2) is 0 Å². The maximum absolute atomic E-state index is 13.7. The highest BCUT2D eigenvalue weighted by atomic mass is 16.7. The Balaban J connectivity index is 1.89. The topological polar surface area (TPSA) is 190 Å². The van der Waals surface area contributed by atoms with Crippen LogP contribution in [-0.2, 0) is 19.0 Å². The lowest BCUT2D eigenvalue weighted by atomic mass is 9.95. The Bertz CT molecular complexity index is 911. The first-order valence-corrected chi connectivity index (χ1v) is 22.1. The molecule has 2 fully saturated rings. The van der Waals surface area contributed by atoms with Crippen molar-refractivity contribution in [3.8, 4) is 0 Å². The zero-order valence-corrected chi connectivity index (χ0v) is 34.0. The summed E-state index contributed by atoms with van der Waals surface area (Å²) in [6.45, 7) is 3.49. The monoisotopic (exact) mass is 776 g/mol. The third-order valence-corrected chi connectivity index (χ3v) is 11.4. The van der Waals surface area contributed by atoms with Gasteiger partial charge >= 0.3 is 0 Å². The first-order valence-electron chi connectivity index (χ1n) is 22.1. The van der Waals surface area contributed by atoms with Gasteiger partial charge in [0.2, 0.25) is 5.91 Å². The highest BCUT2D eigenvalue weighted by Crippen LogP contribution is 2.31. The normalized spacial score (nSPS) is 28.8. The molecule has 2 aliphatic heterocycles. The van der Waals surface area contributed by atoms with Crippen LogP contribution in [0.3, 0.4) is 0 Å². The lowest BCUT2D eigenvalue weighted by molar-refractivity contribution is -0.348. The van der Waals surface area contributed by atoms with Gasteiger partial charge in [-0.1, -0.05) is 162 Å². The summed E-state index contributed by atoms with van der Waals surface area (Å²) in [5, 5.41) is 73.2. The van der Waals surface area contributed by atoms with Gasteiger partial charge in [-0.25, -0.2) is 0 Å². The average molecular weight is 776 g/mol. The molecule has 10 atom stereocenters. The summed E-state index contributed by atoms with van der Waals surface area (Å²) < 4.78 is 17.3. The van der Waals surface area contributed by atoms with Crippen LogP contribution in [0.4, 0.5) is 0 Å². The average Bonchev–Trinajstić information content (AvgIpc) is 3.17. The van der Waals surface area contributed by atoms with Crippen molar-refractivity contribution in [1.82, 2.24) is 4.90 Å². The molecule has 0 saturated carbocycles. The van der Waals surface area contributed by atoms with Gasteiger partial charge in [0.05, 0.1) is 13.2 Å². The van der Waals surface area contributed by atoms with E-state index in [0.717, 1.165) is 38.5 Å². The molecule has 0 aliphatic carbocycles. The van der Waals surface area contributed by atoms with Gasteiger partial charge in [-0.2, -0.15) is 0 Å². The lowest BCUT2D eigenvalue weighted by Crippen LogP contribution is -2.67. The van der Waals surface area contributed by atoms with E-state index in [1.807, 2.05) is 0 Å². The molecule has 0 aromatic rings. The molecule has 2 heterocycles. The minimum absolute atomic E-state index is 0.180. The van der Waals surface area contributed by atoms with Crippen LogP contribution in [-0.4, -0.2) is 128 Å². The number of hydrogen-bond acceptors (Lipinski definition) is 11. The molecule has 0 unspecified atom stereocenters. The van der Waals surface area contributed by atoms with E-state index < -0.39 is 74.6 Å². The molecule has 2 rings (SSSR count). The number of nitrogens with zero attached hydrogens (tertiary/aromatic N) is 1. The molecular formula is C42H81NO11. The zero-order chi connectivity index (χ0) is 39.6. The quantitative estimate of drug-likeness (QED) is 0.0420. The number of carbonyl (C=O) groups is 1. The summed E-state index contributed by atoms with van der Waals surface area (Å²) in [6.07, 6.45) is 15.0. The van der Waals surface area contributed by atoms with Crippen LogP contribution in [0.25, 0.3) is 0 Å². The van der Waals surface area contributed by atoms with E-state index in [1.165, 1.54) is 114 Å². The second kappa shape index (κ2) is 30.2. The van der Waals surface area contributed by atoms with Crippen molar-refractivity contribution in [1.29, 1.82) is 0 Å². The lowest BCUT2D eigenvalue weighted by Gasteiger charge is -2.48. The van der Waals surface area contributed by atoms with Gasteiger partial charge in [0, 0.05) is 13.0 Å². The fraction of sp³-hybridized carbons (Fsp3) is 0.976. The Hall–Kier alpha value is -0.930. The zero-order valence-electron chi connectivity index (χ0n) is 34.0. The van der Waals surface area contributed by atoms with Crippen molar-refractivity contribution in [2.24, 2.45) is 0 Å². The van der Waals surface area contributed by atoms with Gasteiger partial charge in [0.25, 0.3) is 0 Å². The summed E-state index contributed by atoms with van der Waals surface area (Å²) in [7, 11) is 0. The smallest absolute Gasteiger partial charge is 0.224 e. The van der Waals surface area contributed by atoms with Gasteiger partial charge in [-0.3, -0.25) is 4.79 Å². The molecule has 7 N–H and O–H groups in total. The Morgan fingerprint density at radius 3 is 1.37 bits per heavy atom. The summed E-state index contributed by atoms with van der Waals surface area (Å²) in [6, 6.07) is 0. The van der Waals surface area contributed by atoms with Crippen molar-refractivity contribution >= 4 is 5.91 Å². The molecule has 2 saturated heterocycles. The van der Waals surface area contributed by atoms with Gasteiger partial charge in [-0.15, -0.1) is 0 Å². The van der Waals surface area contributed by atoms with Crippen molar-refractivity contribution < 1.29 is 54.8 Å². The number of aliphatic hydroxyl groups is 7. The molecule has 12 heteroatoms. The van der Waals surface area contributed by atoms with Gasteiger partial charge in [0.1, 0.15) is 48.8 Å². The number of hydrogen-bond donors (Lipinski definition) is 7. The Labute approximate surface area is 327 Å². The summed E-state index contributed by atoms with van der Waals surface area (Å²) in [4.78, 5) is 15.2. The number of unbranched alkanes of at least 4 members (excludes halogenated alkanes) is 23. The van der Waals surface area contributed by atoms with Crippen LogP contribution in [0, 0.1) is 0 Å². The highest BCUT2D eigenvalue weighted by molar-refractivity contribution is 5.76. The first-order chi connectivity index (χ1) is 26.2. The maximum Gasteiger partial charge on any atom is 0.224 e. The van der Waals surface area contributed by atoms with Crippen molar-refractivity contribution in [2.75, 3.05) is 19.8 Å². The van der Waals surface area contributed by atoms with Gasteiger partial charge in [-0.05, 0) is 12.8 Å². The molecular weight excluding hydrogens is 694 g/mol. The summed E-state index contributed by atoms with van der Waals surface area (Å²) in [5.41, 5.74) is 0. The molecule has 0 bridgehead atoms.